The van der Waals surface area contributed by atoms with Crippen molar-refractivity contribution < 1.29 is 22.4 Å². The molecule has 3 N–H and O–H groups in total. The molecule has 1 aromatic carbocycles. The van der Waals surface area contributed by atoms with Gasteiger partial charge < -0.3 is 20.9 Å². The van der Waals surface area contributed by atoms with E-state index in [2.05, 4.69) is 10.2 Å². The van der Waals surface area contributed by atoms with Crippen molar-refractivity contribution in [3.63, 3.8) is 0 Å². The van der Waals surface area contributed by atoms with Gasteiger partial charge in [0.15, 0.2) is 0 Å². The van der Waals surface area contributed by atoms with Gasteiger partial charge in [-0.25, -0.2) is 9.18 Å². The molecule has 2 aliphatic heterocycles. The molecule has 2 heterocycles. The third-order valence-corrected chi connectivity index (χ3v) is 7.55. The summed E-state index contributed by atoms with van der Waals surface area (Å²) >= 11 is 0. The molecule has 0 aromatic heterocycles. The van der Waals surface area contributed by atoms with Crippen LogP contribution in [0, 0.1) is 12.7 Å². The summed E-state index contributed by atoms with van der Waals surface area (Å²) < 4.78 is 42.5. The Morgan fingerprint density at radius 1 is 1.00 bits per heavy atom. The third-order valence-electron chi connectivity index (χ3n) is 5.51. The minimum atomic E-state index is -3.56. The first-order valence-corrected chi connectivity index (χ1v) is 11.1. The molecule has 12 heteroatoms. The second kappa shape index (κ2) is 8.84. The highest BCUT2D eigenvalue weighted by molar-refractivity contribution is 7.86. The molecule has 0 unspecified atom stereocenters. The minimum absolute atomic E-state index is 0.0449. The van der Waals surface area contributed by atoms with Crippen molar-refractivity contribution in [1.82, 2.24) is 18.4 Å². The number of benzene rings is 1. The van der Waals surface area contributed by atoms with Crippen LogP contribution in [0.3, 0.4) is 0 Å². The fourth-order valence-electron chi connectivity index (χ4n) is 3.45. The lowest BCUT2D eigenvalue weighted by Crippen LogP contribution is -2.57. The summed E-state index contributed by atoms with van der Waals surface area (Å²) in [6.45, 7) is 4.50. The van der Waals surface area contributed by atoms with Crippen molar-refractivity contribution in [1.29, 1.82) is 0 Å². The first-order chi connectivity index (χ1) is 14.1. The van der Waals surface area contributed by atoms with Crippen LogP contribution in [0.4, 0.5) is 14.9 Å². The topological polar surface area (TPSA) is 119 Å². The van der Waals surface area contributed by atoms with Gasteiger partial charge in [0.1, 0.15) is 5.82 Å². The van der Waals surface area contributed by atoms with Crippen LogP contribution in [-0.2, 0) is 10.2 Å². The summed E-state index contributed by atoms with van der Waals surface area (Å²) in [5.41, 5.74) is 5.50. The van der Waals surface area contributed by atoms with Gasteiger partial charge in [-0.2, -0.15) is 17.0 Å². The number of rotatable bonds is 4. The number of carbonyl (C=O) groups excluding carboxylic acids is 2. The summed E-state index contributed by atoms with van der Waals surface area (Å²) in [6.07, 6.45) is 0. The number of nitrogens with zero attached hydrogens (tertiary/aromatic N) is 4. The van der Waals surface area contributed by atoms with E-state index in [4.69, 9.17) is 5.73 Å². The second-order valence-corrected chi connectivity index (χ2v) is 9.45. The van der Waals surface area contributed by atoms with Crippen molar-refractivity contribution in [2.75, 3.05) is 64.7 Å². The van der Waals surface area contributed by atoms with Crippen LogP contribution in [0.2, 0.25) is 0 Å². The second-order valence-electron chi connectivity index (χ2n) is 7.52. The molecular formula is C18H27FN6O4S. The van der Waals surface area contributed by atoms with E-state index in [1.54, 1.807) is 0 Å². The van der Waals surface area contributed by atoms with E-state index in [-0.39, 0.29) is 43.0 Å². The van der Waals surface area contributed by atoms with Crippen molar-refractivity contribution in [3.05, 3.63) is 29.1 Å². The van der Waals surface area contributed by atoms with Gasteiger partial charge in [0.2, 0.25) is 5.91 Å². The van der Waals surface area contributed by atoms with E-state index in [1.807, 2.05) is 7.05 Å². The van der Waals surface area contributed by atoms with Crippen LogP contribution < -0.4 is 11.1 Å². The van der Waals surface area contributed by atoms with Gasteiger partial charge in [-0.05, 0) is 26.1 Å². The predicted molar refractivity (Wildman–Crippen MR) is 110 cm³/mol. The Morgan fingerprint density at radius 2 is 1.53 bits per heavy atom. The fraction of sp³-hybridized carbons (Fsp3) is 0.556. The molecule has 10 nitrogen and oxygen atoms in total. The Balaban J connectivity index is 1.61. The number of piperazine rings is 2. The maximum Gasteiger partial charge on any atom is 0.321 e. The zero-order valence-electron chi connectivity index (χ0n) is 17.1. The molecule has 0 bridgehead atoms. The standard InChI is InChI=1S/C18H27FN6O4S/c1-13-15(19)11-14(17(20)26)12-16(13)21-18(27)23-5-9-25(10-6-23)30(28,29)24-7-3-22(2)4-8-24/h11-12H,3-10H2,1-2H3,(H2,20,26)(H,21,27). The molecule has 3 amide bonds. The van der Waals surface area contributed by atoms with Crippen LogP contribution in [0.15, 0.2) is 12.1 Å². The van der Waals surface area contributed by atoms with Crippen LogP contribution in [0.25, 0.3) is 0 Å². The molecule has 30 heavy (non-hydrogen) atoms. The maximum atomic E-state index is 14.0. The molecular weight excluding hydrogens is 415 g/mol. The van der Waals surface area contributed by atoms with Crippen LogP contribution in [0.1, 0.15) is 15.9 Å². The van der Waals surface area contributed by atoms with E-state index in [1.165, 1.54) is 26.5 Å². The number of anilines is 1. The zero-order valence-corrected chi connectivity index (χ0v) is 17.9. The molecule has 166 valence electrons. The number of nitrogens with one attached hydrogen (secondary N) is 1. The van der Waals surface area contributed by atoms with Crippen LogP contribution >= 0.6 is 0 Å². The number of carbonyl (C=O) groups is 2. The summed E-state index contributed by atoms with van der Waals surface area (Å²) in [6, 6.07) is 1.86. The number of hydrogen-bond acceptors (Lipinski definition) is 5. The van der Waals surface area contributed by atoms with Crippen molar-refractivity contribution in [2.24, 2.45) is 5.73 Å². The molecule has 0 atom stereocenters. The lowest BCUT2D eigenvalue weighted by molar-refractivity contribution is 0.0999. The number of hydrogen-bond donors (Lipinski definition) is 2. The SMILES string of the molecule is Cc1c(F)cc(C(N)=O)cc1NC(=O)N1CCN(S(=O)(=O)N2CCN(C)CC2)CC1. The number of nitrogens with two attached hydrogens (primary N) is 1. The van der Waals surface area contributed by atoms with Gasteiger partial charge in [-0.3, -0.25) is 4.79 Å². The Hall–Kier alpha value is -2.28. The lowest BCUT2D eigenvalue weighted by Gasteiger charge is -2.39. The van der Waals surface area contributed by atoms with Crippen LogP contribution in [0.5, 0.6) is 0 Å². The molecule has 0 aliphatic carbocycles. The molecule has 1 aromatic rings. The minimum Gasteiger partial charge on any atom is -0.366 e. The van der Waals surface area contributed by atoms with Crippen LogP contribution in [-0.4, -0.2) is 98.2 Å². The van der Waals surface area contributed by atoms with E-state index in [0.717, 1.165) is 6.07 Å². The fourth-order valence-corrected chi connectivity index (χ4v) is 5.03. The Bertz CT molecular complexity index is 925. The summed E-state index contributed by atoms with van der Waals surface area (Å²) in [4.78, 5) is 27.5. The largest absolute Gasteiger partial charge is 0.366 e. The highest BCUT2D eigenvalue weighted by Gasteiger charge is 2.34. The molecule has 0 radical (unpaired) electrons. The average molecular weight is 443 g/mol. The number of amides is 3. The molecule has 0 saturated carbocycles. The first kappa shape index (κ1) is 22.4. The van der Waals surface area contributed by atoms with Gasteiger partial charge in [-0.1, -0.05) is 0 Å². The number of likely N-dealkylation sites (N-methyl/N-ethyl adjacent to an activating group) is 1. The Labute approximate surface area is 175 Å². The highest BCUT2D eigenvalue weighted by Crippen LogP contribution is 2.22. The molecule has 0 spiro atoms. The van der Waals surface area contributed by atoms with Gasteiger partial charge in [0.25, 0.3) is 10.2 Å². The predicted octanol–water partition coefficient (Wildman–Crippen LogP) is -0.125. The first-order valence-electron chi connectivity index (χ1n) is 9.69. The summed E-state index contributed by atoms with van der Waals surface area (Å²) in [7, 11) is -1.61. The summed E-state index contributed by atoms with van der Waals surface area (Å²) in [5.74, 6) is -1.45. The van der Waals surface area contributed by atoms with E-state index in [9.17, 15) is 22.4 Å². The molecule has 3 rings (SSSR count). The monoisotopic (exact) mass is 442 g/mol. The molecule has 2 saturated heterocycles. The number of halogens is 1. The number of urea groups is 1. The van der Waals surface area contributed by atoms with E-state index >= 15 is 0 Å². The van der Waals surface area contributed by atoms with Gasteiger partial charge >= 0.3 is 6.03 Å². The van der Waals surface area contributed by atoms with E-state index in [0.29, 0.717) is 26.2 Å². The Kier molecular flexibility index (Phi) is 6.60. The van der Waals surface area contributed by atoms with Gasteiger partial charge in [0, 0.05) is 69.2 Å². The van der Waals surface area contributed by atoms with E-state index < -0.39 is 28.0 Å². The highest BCUT2D eigenvalue weighted by atomic mass is 32.2. The average Bonchev–Trinajstić information content (AvgIpc) is 2.71. The lowest BCUT2D eigenvalue weighted by atomic mass is 10.1. The smallest absolute Gasteiger partial charge is 0.321 e. The maximum absolute atomic E-state index is 14.0. The Morgan fingerprint density at radius 3 is 2.07 bits per heavy atom. The molecule has 2 fully saturated rings. The van der Waals surface area contributed by atoms with Gasteiger partial charge in [0.05, 0.1) is 0 Å². The summed E-state index contributed by atoms with van der Waals surface area (Å²) in [5, 5.41) is 2.59. The zero-order chi connectivity index (χ0) is 22.1. The van der Waals surface area contributed by atoms with Crippen molar-refractivity contribution in [2.45, 2.75) is 6.92 Å². The molecule has 2 aliphatic rings. The quantitative estimate of drug-likeness (QED) is 0.674. The van der Waals surface area contributed by atoms with Crippen molar-refractivity contribution >= 4 is 27.8 Å². The van der Waals surface area contributed by atoms with Gasteiger partial charge in [-0.15, -0.1) is 0 Å². The third kappa shape index (κ3) is 4.72. The number of primary amides is 1. The normalized spacial score (nSPS) is 19.6. The van der Waals surface area contributed by atoms with Crippen molar-refractivity contribution in [3.8, 4) is 0 Å².